The Labute approximate surface area is 88.2 Å². The van der Waals surface area contributed by atoms with E-state index in [0.717, 1.165) is 0 Å². The summed E-state index contributed by atoms with van der Waals surface area (Å²) in [4.78, 5) is 0. The van der Waals surface area contributed by atoms with Crippen LogP contribution in [0.25, 0.3) is 0 Å². The molecular weight excluding hydrogens is 258 g/mol. The number of hydrogen-bond donors (Lipinski definition) is 1. The van der Waals surface area contributed by atoms with Gasteiger partial charge >= 0.3 is 0 Å². The van der Waals surface area contributed by atoms with E-state index < -0.39 is 10.0 Å². The van der Waals surface area contributed by atoms with Gasteiger partial charge in [0.15, 0.2) is 0 Å². The summed E-state index contributed by atoms with van der Waals surface area (Å²) in [5.41, 5.74) is 0. The highest BCUT2D eigenvalue weighted by Crippen LogP contribution is 1.97. The lowest BCUT2D eigenvalue weighted by atomic mass is 10.4. The van der Waals surface area contributed by atoms with E-state index in [4.69, 9.17) is 4.74 Å². The number of alkyl halides is 1. The van der Waals surface area contributed by atoms with Gasteiger partial charge in [-0.2, -0.15) is 0 Å². The molecule has 0 fully saturated rings. The molecule has 1 unspecified atom stereocenters. The summed E-state index contributed by atoms with van der Waals surface area (Å²) in [6.45, 7) is 2.22. The second kappa shape index (κ2) is 6.75. The summed E-state index contributed by atoms with van der Waals surface area (Å²) >= 11 is 3.21. The number of halogens is 1. The van der Waals surface area contributed by atoms with Gasteiger partial charge in [0.2, 0.25) is 10.0 Å². The zero-order valence-corrected chi connectivity index (χ0v) is 10.3. The highest BCUT2D eigenvalue weighted by atomic mass is 79.9. The molecule has 1 atom stereocenters. The quantitative estimate of drug-likeness (QED) is 0.696. The van der Waals surface area contributed by atoms with Crippen molar-refractivity contribution >= 4 is 26.0 Å². The van der Waals surface area contributed by atoms with E-state index in [1.807, 2.05) is 6.92 Å². The Hall–Kier alpha value is 0.350. The molecule has 6 heteroatoms. The fourth-order valence-corrected chi connectivity index (χ4v) is 2.77. The molecule has 0 radical (unpaired) electrons. The van der Waals surface area contributed by atoms with E-state index in [9.17, 15) is 8.42 Å². The molecule has 0 saturated carbocycles. The molecule has 13 heavy (non-hydrogen) atoms. The van der Waals surface area contributed by atoms with Crippen LogP contribution in [0.1, 0.15) is 13.3 Å². The van der Waals surface area contributed by atoms with Crippen LogP contribution in [0.2, 0.25) is 0 Å². The van der Waals surface area contributed by atoms with E-state index in [-0.39, 0.29) is 11.8 Å². The fraction of sp³-hybridized carbons (Fsp3) is 1.00. The molecule has 0 aromatic rings. The van der Waals surface area contributed by atoms with Crippen molar-refractivity contribution in [2.45, 2.75) is 19.4 Å². The van der Waals surface area contributed by atoms with Crippen molar-refractivity contribution in [3.8, 4) is 0 Å². The second-order valence-electron chi connectivity index (χ2n) is 2.74. The zero-order chi connectivity index (χ0) is 10.3. The Balaban J connectivity index is 4.06. The number of nitrogens with one attached hydrogen (secondary N) is 1. The van der Waals surface area contributed by atoms with Gasteiger partial charge in [0.05, 0.1) is 18.4 Å². The third-order valence-corrected chi connectivity index (χ3v) is 3.79. The molecule has 0 aliphatic heterocycles. The van der Waals surface area contributed by atoms with E-state index in [1.165, 1.54) is 0 Å². The van der Waals surface area contributed by atoms with Crippen molar-refractivity contribution in [2.24, 2.45) is 0 Å². The predicted octanol–water partition coefficient (Wildman–Crippen LogP) is 0.726. The average Bonchev–Trinajstić information content (AvgIpc) is 2.03. The Morgan fingerprint density at radius 2 is 2.15 bits per heavy atom. The zero-order valence-electron chi connectivity index (χ0n) is 7.92. The highest BCUT2D eigenvalue weighted by Gasteiger charge is 2.15. The lowest BCUT2D eigenvalue weighted by Crippen LogP contribution is -2.40. The van der Waals surface area contributed by atoms with E-state index in [2.05, 4.69) is 20.7 Å². The van der Waals surface area contributed by atoms with Crippen LogP contribution in [0.5, 0.6) is 0 Å². The molecule has 0 aromatic heterocycles. The number of ether oxygens (including phenoxy) is 1. The van der Waals surface area contributed by atoms with Gasteiger partial charge in [-0.25, -0.2) is 13.1 Å². The van der Waals surface area contributed by atoms with Crippen LogP contribution >= 0.6 is 15.9 Å². The van der Waals surface area contributed by atoms with Gasteiger partial charge < -0.3 is 4.74 Å². The minimum absolute atomic E-state index is 0.167. The maximum Gasteiger partial charge on any atom is 0.211 e. The normalized spacial score (nSPS) is 14.4. The molecule has 1 N–H and O–H groups in total. The number of rotatable bonds is 7. The largest absolute Gasteiger partial charge is 0.383 e. The van der Waals surface area contributed by atoms with Gasteiger partial charge in [-0.05, 0) is 6.42 Å². The summed E-state index contributed by atoms with van der Waals surface area (Å²) in [7, 11) is -1.58. The minimum atomic E-state index is -3.13. The van der Waals surface area contributed by atoms with Gasteiger partial charge in [0.25, 0.3) is 0 Å². The number of hydrogen-bond acceptors (Lipinski definition) is 3. The smallest absolute Gasteiger partial charge is 0.211 e. The third kappa shape index (κ3) is 6.42. The molecule has 0 saturated heterocycles. The van der Waals surface area contributed by atoms with Crippen LogP contribution in [0.4, 0.5) is 0 Å². The fourth-order valence-electron chi connectivity index (χ4n) is 0.893. The molecule has 0 rings (SSSR count). The Bertz CT molecular complexity index is 218. The van der Waals surface area contributed by atoms with Crippen molar-refractivity contribution in [1.82, 2.24) is 4.72 Å². The van der Waals surface area contributed by atoms with E-state index in [1.54, 1.807) is 7.11 Å². The van der Waals surface area contributed by atoms with Crippen LogP contribution in [0, 0.1) is 0 Å². The van der Waals surface area contributed by atoms with E-state index >= 15 is 0 Å². The standard InChI is InChI=1S/C7H16BrNO3S/c1-3-4-13(10,11)9-7(5-8)6-12-2/h7,9H,3-6H2,1-2H3. The van der Waals surface area contributed by atoms with Crippen molar-refractivity contribution in [3.05, 3.63) is 0 Å². The SMILES string of the molecule is CCCS(=O)(=O)NC(CBr)COC. The van der Waals surface area contributed by atoms with Gasteiger partial charge in [0.1, 0.15) is 0 Å². The van der Waals surface area contributed by atoms with Crippen molar-refractivity contribution in [2.75, 3.05) is 24.8 Å². The average molecular weight is 274 g/mol. The third-order valence-electron chi connectivity index (χ3n) is 1.37. The Morgan fingerprint density at radius 3 is 2.54 bits per heavy atom. The van der Waals surface area contributed by atoms with Crippen molar-refractivity contribution in [1.29, 1.82) is 0 Å². The summed E-state index contributed by atoms with van der Waals surface area (Å²) in [5.74, 6) is 0.167. The second-order valence-corrected chi connectivity index (χ2v) is 5.26. The lowest BCUT2D eigenvalue weighted by Gasteiger charge is -2.14. The Morgan fingerprint density at radius 1 is 1.54 bits per heavy atom. The van der Waals surface area contributed by atoms with Crippen LogP contribution in [0.15, 0.2) is 0 Å². The van der Waals surface area contributed by atoms with Crippen molar-refractivity contribution in [3.63, 3.8) is 0 Å². The topological polar surface area (TPSA) is 55.4 Å². The van der Waals surface area contributed by atoms with Gasteiger partial charge in [-0.3, -0.25) is 0 Å². The van der Waals surface area contributed by atoms with Crippen LogP contribution in [-0.4, -0.2) is 39.3 Å². The molecule has 80 valence electrons. The minimum Gasteiger partial charge on any atom is -0.383 e. The molecule has 0 aromatic carbocycles. The first-order chi connectivity index (χ1) is 6.05. The maximum absolute atomic E-state index is 11.3. The molecule has 0 bridgehead atoms. The first kappa shape index (κ1) is 13.4. The monoisotopic (exact) mass is 273 g/mol. The molecular formula is C7H16BrNO3S. The van der Waals surface area contributed by atoms with Crippen molar-refractivity contribution < 1.29 is 13.2 Å². The molecule has 0 heterocycles. The molecule has 0 spiro atoms. The maximum atomic E-state index is 11.3. The summed E-state index contributed by atoms with van der Waals surface area (Å²) in [6.07, 6.45) is 0.622. The first-order valence-corrected chi connectivity index (χ1v) is 6.88. The van der Waals surface area contributed by atoms with Crippen LogP contribution in [-0.2, 0) is 14.8 Å². The summed E-state index contributed by atoms with van der Waals surface area (Å²) in [5, 5.41) is 0.559. The number of methoxy groups -OCH3 is 1. The van der Waals surface area contributed by atoms with Gasteiger partial charge in [-0.1, -0.05) is 22.9 Å². The van der Waals surface area contributed by atoms with Crippen LogP contribution < -0.4 is 4.72 Å². The van der Waals surface area contributed by atoms with Gasteiger partial charge in [0, 0.05) is 12.4 Å². The summed E-state index contributed by atoms with van der Waals surface area (Å²) in [6, 6.07) is -0.179. The van der Waals surface area contributed by atoms with E-state index in [0.29, 0.717) is 18.4 Å². The summed E-state index contributed by atoms with van der Waals surface area (Å²) < 4.78 is 30.0. The highest BCUT2D eigenvalue weighted by molar-refractivity contribution is 9.09. The Kier molecular flexibility index (Phi) is 6.93. The molecule has 0 amide bonds. The predicted molar refractivity (Wildman–Crippen MR) is 56.7 cm³/mol. The first-order valence-electron chi connectivity index (χ1n) is 4.10. The molecule has 4 nitrogen and oxygen atoms in total. The molecule has 0 aliphatic rings. The molecule has 0 aliphatic carbocycles. The van der Waals surface area contributed by atoms with Crippen LogP contribution in [0.3, 0.4) is 0 Å². The van der Waals surface area contributed by atoms with Gasteiger partial charge in [-0.15, -0.1) is 0 Å². The number of sulfonamides is 1. The lowest BCUT2D eigenvalue weighted by molar-refractivity contribution is 0.182.